The third-order valence-electron chi connectivity index (χ3n) is 2.72. The van der Waals surface area contributed by atoms with Crippen molar-refractivity contribution in [3.63, 3.8) is 0 Å². The summed E-state index contributed by atoms with van der Waals surface area (Å²) in [6.07, 6.45) is 0. The van der Waals surface area contributed by atoms with E-state index in [1.165, 1.54) is 0 Å². The zero-order chi connectivity index (χ0) is 15.9. The molecule has 0 saturated carbocycles. The topological polar surface area (TPSA) is 72.4 Å². The van der Waals surface area contributed by atoms with Crippen molar-refractivity contribution in [3.8, 4) is 6.01 Å². The number of rotatable bonds is 8. The molecule has 0 fully saturated rings. The molecule has 0 aliphatic heterocycles. The molecule has 0 saturated heterocycles. The van der Waals surface area contributed by atoms with Crippen molar-refractivity contribution < 1.29 is 9.47 Å². The second-order valence-corrected chi connectivity index (χ2v) is 5.47. The number of ether oxygens (including phenoxy) is 2. The van der Waals surface area contributed by atoms with Crippen LogP contribution in [0.4, 0.5) is 11.9 Å². The number of aromatic nitrogens is 3. The van der Waals surface area contributed by atoms with Gasteiger partial charge in [-0.05, 0) is 34.6 Å². The lowest BCUT2D eigenvalue weighted by molar-refractivity contribution is -0.0173. The van der Waals surface area contributed by atoms with E-state index in [9.17, 15) is 0 Å². The molecule has 120 valence electrons. The molecule has 0 aromatic carbocycles. The smallest absolute Gasteiger partial charge is 0.323 e. The van der Waals surface area contributed by atoms with Crippen LogP contribution in [0.2, 0.25) is 0 Å². The second-order valence-electron chi connectivity index (χ2n) is 5.47. The van der Waals surface area contributed by atoms with Crippen LogP contribution in [0.1, 0.15) is 34.6 Å². The molecule has 0 unspecified atom stereocenters. The highest BCUT2D eigenvalue weighted by Crippen LogP contribution is 2.14. The third-order valence-corrected chi connectivity index (χ3v) is 2.72. The van der Waals surface area contributed by atoms with Gasteiger partial charge in [0.15, 0.2) is 0 Å². The number of nitrogens with zero attached hydrogens (tertiary/aromatic N) is 4. The average Bonchev–Trinajstić information content (AvgIpc) is 2.44. The predicted molar refractivity (Wildman–Crippen MR) is 84.1 cm³/mol. The largest absolute Gasteiger partial charge is 0.461 e. The zero-order valence-corrected chi connectivity index (χ0v) is 13.9. The lowest BCUT2D eigenvalue weighted by Crippen LogP contribution is -2.25. The van der Waals surface area contributed by atoms with Crippen molar-refractivity contribution in [3.05, 3.63) is 0 Å². The molecule has 1 N–H and O–H groups in total. The maximum Gasteiger partial charge on any atom is 0.323 e. The summed E-state index contributed by atoms with van der Waals surface area (Å²) in [6.45, 7) is 12.7. The summed E-state index contributed by atoms with van der Waals surface area (Å²) in [4.78, 5) is 14.9. The van der Waals surface area contributed by atoms with Gasteiger partial charge in [-0.15, -0.1) is 0 Å². The van der Waals surface area contributed by atoms with Crippen LogP contribution in [0.3, 0.4) is 0 Å². The second kappa shape index (κ2) is 7.97. The van der Waals surface area contributed by atoms with Gasteiger partial charge in [0.05, 0.1) is 12.2 Å². The minimum absolute atomic E-state index is 0.176. The van der Waals surface area contributed by atoms with Crippen LogP contribution < -0.4 is 15.0 Å². The standard InChI is InChI=1S/C14H27N5O2/c1-7-19(8-2)12-16-11(15-6)17-13(18-12)20-9-10-21-14(3,4)5/h7-10H2,1-6H3,(H,15,16,17,18). The molecule has 1 aromatic heterocycles. The molecule has 1 rings (SSSR count). The van der Waals surface area contributed by atoms with Crippen molar-refractivity contribution in [1.29, 1.82) is 0 Å². The lowest BCUT2D eigenvalue weighted by atomic mass is 10.2. The molecule has 0 aliphatic carbocycles. The van der Waals surface area contributed by atoms with E-state index in [1.807, 2.05) is 25.7 Å². The Morgan fingerprint density at radius 3 is 2.24 bits per heavy atom. The van der Waals surface area contributed by atoms with E-state index in [0.29, 0.717) is 31.1 Å². The maximum atomic E-state index is 5.61. The highest BCUT2D eigenvalue weighted by Gasteiger charge is 2.12. The first-order chi connectivity index (χ1) is 9.89. The van der Waals surface area contributed by atoms with Crippen LogP contribution in [0.25, 0.3) is 0 Å². The Morgan fingerprint density at radius 2 is 1.71 bits per heavy atom. The highest BCUT2D eigenvalue weighted by molar-refractivity contribution is 5.37. The van der Waals surface area contributed by atoms with Gasteiger partial charge in [0.2, 0.25) is 11.9 Å². The van der Waals surface area contributed by atoms with Crippen molar-refractivity contribution in [1.82, 2.24) is 15.0 Å². The summed E-state index contributed by atoms with van der Waals surface area (Å²) >= 11 is 0. The Kier molecular flexibility index (Phi) is 6.61. The van der Waals surface area contributed by atoms with Crippen molar-refractivity contribution in [2.24, 2.45) is 0 Å². The first-order valence-corrected chi connectivity index (χ1v) is 7.35. The number of anilines is 2. The van der Waals surface area contributed by atoms with Gasteiger partial charge < -0.3 is 19.7 Å². The Bertz CT molecular complexity index is 430. The highest BCUT2D eigenvalue weighted by atomic mass is 16.5. The summed E-state index contributed by atoms with van der Waals surface area (Å²) in [5.74, 6) is 1.12. The molecule has 0 bridgehead atoms. The van der Waals surface area contributed by atoms with E-state index in [0.717, 1.165) is 13.1 Å². The predicted octanol–water partition coefficient (Wildman–Crippen LogP) is 1.95. The minimum Gasteiger partial charge on any atom is -0.461 e. The summed E-state index contributed by atoms with van der Waals surface area (Å²) in [6, 6.07) is 0.314. The lowest BCUT2D eigenvalue weighted by Gasteiger charge is -2.20. The molecule has 0 spiro atoms. The Morgan fingerprint density at radius 1 is 1.05 bits per heavy atom. The molecule has 1 aromatic rings. The van der Waals surface area contributed by atoms with Gasteiger partial charge in [-0.1, -0.05) is 0 Å². The number of nitrogens with one attached hydrogen (secondary N) is 1. The number of hydrogen-bond donors (Lipinski definition) is 1. The molecule has 21 heavy (non-hydrogen) atoms. The van der Waals surface area contributed by atoms with Crippen molar-refractivity contribution in [2.45, 2.75) is 40.2 Å². The van der Waals surface area contributed by atoms with E-state index >= 15 is 0 Å². The van der Waals surface area contributed by atoms with E-state index in [1.54, 1.807) is 7.05 Å². The van der Waals surface area contributed by atoms with E-state index < -0.39 is 0 Å². The van der Waals surface area contributed by atoms with Crippen LogP contribution >= 0.6 is 0 Å². The summed E-state index contributed by atoms with van der Waals surface area (Å²) in [5.41, 5.74) is -0.176. The van der Waals surface area contributed by atoms with Gasteiger partial charge in [-0.3, -0.25) is 0 Å². The maximum absolute atomic E-state index is 5.61. The van der Waals surface area contributed by atoms with Gasteiger partial charge >= 0.3 is 6.01 Å². The normalized spacial score (nSPS) is 11.3. The van der Waals surface area contributed by atoms with Crippen LogP contribution in [-0.4, -0.2) is 53.9 Å². The fourth-order valence-corrected chi connectivity index (χ4v) is 1.65. The van der Waals surface area contributed by atoms with Crippen LogP contribution in [0.15, 0.2) is 0 Å². The van der Waals surface area contributed by atoms with Gasteiger partial charge in [0.1, 0.15) is 6.61 Å². The SMILES string of the molecule is CCN(CC)c1nc(NC)nc(OCCOC(C)(C)C)n1. The minimum atomic E-state index is -0.176. The van der Waals surface area contributed by atoms with Gasteiger partial charge in [0, 0.05) is 20.1 Å². The molecular weight excluding hydrogens is 270 g/mol. The molecule has 1 heterocycles. The Hall–Kier alpha value is -1.63. The van der Waals surface area contributed by atoms with Gasteiger partial charge in [-0.2, -0.15) is 15.0 Å². The first-order valence-electron chi connectivity index (χ1n) is 7.35. The fraction of sp³-hybridized carbons (Fsp3) is 0.786. The molecule has 0 aliphatic rings. The third kappa shape index (κ3) is 6.12. The summed E-state index contributed by atoms with van der Waals surface area (Å²) < 4.78 is 11.2. The van der Waals surface area contributed by atoms with Crippen LogP contribution in [0, 0.1) is 0 Å². The molecule has 0 radical (unpaired) electrons. The van der Waals surface area contributed by atoms with Crippen molar-refractivity contribution in [2.75, 3.05) is 43.6 Å². The molecule has 0 amide bonds. The van der Waals surface area contributed by atoms with E-state index in [4.69, 9.17) is 9.47 Å². The zero-order valence-electron chi connectivity index (χ0n) is 13.9. The van der Waals surface area contributed by atoms with Crippen LogP contribution in [0.5, 0.6) is 6.01 Å². The fourth-order valence-electron chi connectivity index (χ4n) is 1.65. The Labute approximate surface area is 127 Å². The molecular formula is C14H27N5O2. The van der Waals surface area contributed by atoms with Crippen LogP contribution in [-0.2, 0) is 4.74 Å². The Balaban J connectivity index is 2.70. The van der Waals surface area contributed by atoms with Gasteiger partial charge in [-0.25, -0.2) is 0 Å². The quantitative estimate of drug-likeness (QED) is 0.735. The summed E-state index contributed by atoms with van der Waals surface area (Å²) in [7, 11) is 1.77. The van der Waals surface area contributed by atoms with Crippen molar-refractivity contribution >= 4 is 11.9 Å². The average molecular weight is 297 g/mol. The van der Waals surface area contributed by atoms with E-state index in [-0.39, 0.29) is 5.60 Å². The van der Waals surface area contributed by atoms with Gasteiger partial charge in [0.25, 0.3) is 0 Å². The monoisotopic (exact) mass is 297 g/mol. The number of hydrogen-bond acceptors (Lipinski definition) is 7. The first kappa shape index (κ1) is 17.4. The summed E-state index contributed by atoms with van der Waals surface area (Å²) in [5, 5.41) is 2.93. The molecule has 7 nitrogen and oxygen atoms in total. The molecule has 0 atom stereocenters. The van der Waals surface area contributed by atoms with E-state index in [2.05, 4.69) is 34.1 Å². The molecule has 7 heteroatoms.